The van der Waals surface area contributed by atoms with Gasteiger partial charge in [0.2, 0.25) is 0 Å². The van der Waals surface area contributed by atoms with Gasteiger partial charge in [-0.25, -0.2) is 0 Å². The molecule has 5 nitrogen and oxygen atoms in total. The lowest BCUT2D eigenvalue weighted by Gasteiger charge is -2.09. The van der Waals surface area contributed by atoms with E-state index in [2.05, 4.69) is 21.2 Å². The number of carbonyl (C=O) groups is 1. The number of nitrogens with zero attached hydrogens (tertiary/aromatic N) is 1. The zero-order chi connectivity index (χ0) is 19.3. The summed E-state index contributed by atoms with van der Waals surface area (Å²) in [6, 6.07) is 9.56. The van der Waals surface area contributed by atoms with Gasteiger partial charge in [-0.2, -0.15) is 5.26 Å². The number of halogens is 3. The first-order valence-electron chi connectivity index (χ1n) is 7.39. The lowest BCUT2D eigenvalue weighted by atomic mass is 10.1. The molecule has 0 aromatic heterocycles. The third-order valence-corrected chi connectivity index (χ3v) is 4.55. The van der Waals surface area contributed by atoms with Gasteiger partial charge in [0.05, 0.1) is 21.1 Å². The zero-order valence-corrected chi connectivity index (χ0v) is 16.6. The highest BCUT2D eigenvalue weighted by atomic mass is 79.9. The molecule has 0 aliphatic rings. The number of anilines is 1. The molecular formula is C18H13BrCl2N2O3. The van der Waals surface area contributed by atoms with Crippen molar-refractivity contribution in [2.45, 2.75) is 6.92 Å². The third-order valence-electron chi connectivity index (χ3n) is 3.20. The van der Waals surface area contributed by atoms with Crippen LogP contribution in [0.5, 0.6) is 11.5 Å². The Morgan fingerprint density at radius 2 is 2.08 bits per heavy atom. The quantitative estimate of drug-likeness (QED) is 0.466. The van der Waals surface area contributed by atoms with Gasteiger partial charge < -0.3 is 15.2 Å². The summed E-state index contributed by atoms with van der Waals surface area (Å²) in [5.41, 5.74) is 0.794. The predicted molar refractivity (Wildman–Crippen MR) is 106 cm³/mol. The molecule has 0 saturated carbocycles. The maximum Gasteiger partial charge on any atom is 0.266 e. The molecule has 0 unspecified atom stereocenters. The zero-order valence-electron chi connectivity index (χ0n) is 13.5. The van der Waals surface area contributed by atoms with Gasteiger partial charge in [0.25, 0.3) is 5.91 Å². The van der Waals surface area contributed by atoms with E-state index in [0.717, 1.165) is 0 Å². The molecular weight excluding hydrogens is 443 g/mol. The van der Waals surface area contributed by atoms with Crippen molar-refractivity contribution in [1.82, 2.24) is 0 Å². The molecule has 0 aliphatic heterocycles. The SMILES string of the molecule is CCOc1cc(/C=C(/C#N)C(=O)Nc2ccc(Cl)c(Cl)c2)cc(Br)c1O. The number of benzene rings is 2. The van der Waals surface area contributed by atoms with Gasteiger partial charge in [-0.1, -0.05) is 23.2 Å². The highest BCUT2D eigenvalue weighted by Crippen LogP contribution is 2.36. The average molecular weight is 456 g/mol. The molecule has 0 aliphatic carbocycles. The third kappa shape index (κ3) is 4.92. The summed E-state index contributed by atoms with van der Waals surface area (Å²) in [6.07, 6.45) is 1.39. The number of nitriles is 1. The Bertz CT molecular complexity index is 923. The molecule has 2 aromatic carbocycles. The predicted octanol–water partition coefficient (Wildman–Crippen LogP) is 5.41. The van der Waals surface area contributed by atoms with Gasteiger partial charge in [0.15, 0.2) is 11.5 Å². The van der Waals surface area contributed by atoms with Crippen LogP contribution in [-0.4, -0.2) is 17.6 Å². The normalized spacial score (nSPS) is 11.0. The summed E-state index contributed by atoms with van der Waals surface area (Å²) >= 11 is 15.0. The molecule has 2 N–H and O–H groups in total. The van der Waals surface area contributed by atoms with Crippen LogP contribution in [0.3, 0.4) is 0 Å². The van der Waals surface area contributed by atoms with Crippen molar-refractivity contribution in [2.75, 3.05) is 11.9 Å². The number of rotatable bonds is 5. The lowest BCUT2D eigenvalue weighted by Crippen LogP contribution is -2.13. The van der Waals surface area contributed by atoms with E-state index in [4.69, 9.17) is 27.9 Å². The first-order valence-corrected chi connectivity index (χ1v) is 8.94. The van der Waals surface area contributed by atoms with E-state index in [9.17, 15) is 15.2 Å². The van der Waals surface area contributed by atoms with Gasteiger partial charge in [-0.3, -0.25) is 4.79 Å². The van der Waals surface area contributed by atoms with Gasteiger partial charge in [-0.15, -0.1) is 0 Å². The Morgan fingerprint density at radius 1 is 1.35 bits per heavy atom. The van der Waals surface area contributed by atoms with Gasteiger partial charge in [0, 0.05) is 5.69 Å². The van der Waals surface area contributed by atoms with Crippen molar-refractivity contribution in [3.05, 3.63) is 56.0 Å². The molecule has 2 aromatic rings. The van der Waals surface area contributed by atoms with Crippen LogP contribution in [0.15, 0.2) is 40.4 Å². The smallest absolute Gasteiger partial charge is 0.266 e. The molecule has 0 radical (unpaired) electrons. The molecule has 1 amide bonds. The van der Waals surface area contributed by atoms with Crippen molar-refractivity contribution < 1.29 is 14.6 Å². The van der Waals surface area contributed by atoms with Crippen molar-refractivity contribution in [2.24, 2.45) is 0 Å². The van der Waals surface area contributed by atoms with Crippen molar-refractivity contribution in [3.63, 3.8) is 0 Å². The van der Waals surface area contributed by atoms with Crippen LogP contribution in [0, 0.1) is 11.3 Å². The van der Waals surface area contributed by atoms with E-state index in [0.29, 0.717) is 27.4 Å². The van der Waals surface area contributed by atoms with E-state index in [1.807, 2.05) is 6.07 Å². The largest absolute Gasteiger partial charge is 0.503 e. The molecule has 0 atom stereocenters. The summed E-state index contributed by atoms with van der Waals surface area (Å²) in [5, 5.41) is 22.5. The van der Waals surface area contributed by atoms with Crippen LogP contribution in [-0.2, 0) is 4.79 Å². The fourth-order valence-electron chi connectivity index (χ4n) is 2.03. The topological polar surface area (TPSA) is 82.3 Å². The molecule has 0 bridgehead atoms. The van der Waals surface area contributed by atoms with Crippen molar-refractivity contribution >= 4 is 56.8 Å². The monoisotopic (exact) mass is 454 g/mol. The van der Waals surface area contributed by atoms with Gasteiger partial charge in [0.1, 0.15) is 11.6 Å². The Labute approximate surface area is 168 Å². The molecule has 0 spiro atoms. The lowest BCUT2D eigenvalue weighted by molar-refractivity contribution is -0.112. The second-order valence-electron chi connectivity index (χ2n) is 5.04. The Kier molecular flexibility index (Phi) is 6.92. The minimum Gasteiger partial charge on any atom is -0.503 e. The number of phenolic OH excluding ortho intramolecular Hbond substituents is 1. The number of phenols is 1. The molecule has 134 valence electrons. The second-order valence-corrected chi connectivity index (χ2v) is 6.70. The van der Waals surface area contributed by atoms with E-state index >= 15 is 0 Å². The van der Waals surface area contributed by atoms with Crippen LogP contribution in [0.25, 0.3) is 6.08 Å². The summed E-state index contributed by atoms with van der Waals surface area (Å²) in [4.78, 5) is 12.3. The van der Waals surface area contributed by atoms with Gasteiger partial charge in [-0.05, 0) is 64.8 Å². The fraction of sp³-hybridized carbons (Fsp3) is 0.111. The molecule has 0 heterocycles. The maximum atomic E-state index is 12.3. The first kappa shape index (κ1) is 20.1. The Hall–Kier alpha value is -2.20. The highest BCUT2D eigenvalue weighted by Gasteiger charge is 2.13. The standard InChI is InChI=1S/C18H13BrCl2N2O3/c1-2-26-16-7-10(6-13(19)17(16)24)5-11(9-22)18(25)23-12-3-4-14(20)15(21)8-12/h3-8,24H,2H2,1H3,(H,23,25)/b11-5-. The average Bonchev–Trinajstić information content (AvgIpc) is 2.60. The fourth-order valence-corrected chi connectivity index (χ4v) is 2.79. The Morgan fingerprint density at radius 3 is 2.69 bits per heavy atom. The number of ether oxygens (including phenoxy) is 1. The van der Waals surface area contributed by atoms with Crippen LogP contribution in [0.2, 0.25) is 10.0 Å². The van der Waals surface area contributed by atoms with E-state index in [1.54, 1.807) is 25.1 Å². The van der Waals surface area contributed by atoms with E-state index < -0.39 is 5.91 Å². The number of carbonyl (C=O) groups excluding carboxylic acids is 1. The van der Waals surface area contributed by atoms with Gasteiger partial charge >= 0.3 is 0 Å². The Balaban J connectivity index is 2.30. The summed E-state index contributed by atoms with van der Waals surface area (Å²) in [7, 11) is 0. The minimum absolute atomic E-state index is 0.0530. The first-order chi connectivity index (χ1) is 12.3. The van der Waals surface area contributed by atoms with Crippen LogP contribution < -0.4 is 10.1 Å². The molecule has 8 heteroatoms. The van der Waals surface area contributed by atoms with E-state index in [-0.39, 0.29) is 22.1 Å². The summed E-state index contributed by atoms with van der Waals surface area (Å²) in [5.74, 6) is -0.411. The number of aromatic hydroxyl groups is 1. The molecule has 2 rings (SSSR count). The van der Waals surface area contributed by atoms with Crippen LogP contribution >= 0.6 is 39.1 Å². The molecule has 0 saturated heterocycles. The molecule has 26 heavy (non-hydrogen) atoms. The van der Waals surface area contributed by atoms with Crippen molar-refractivity contribution in [1.29, 1.82) is 5.26 Å². The van der Waals surface area contributed by atoms with Crippen molar-refractivity contribution in [3.8, 4) is 17.6 Å². The van der Waals surface area contributed by atoms with Crippen LogP contribution in [0.4, 0.5) is 5.69 Å². The van der Waals surface area contributed by atoms with Crippen LogP contribution in [0.1, 0.15) is 12.5 Å². The molecule has 0 fully saturated rings. The summed E-state index contributed by atoms with van der Waals surface area (Å²) < 4.78 is 5.72. The van der Waals surface area contributed by atoms with E-state index in [1.165, 1.54) is 18.2 Å². The highest BCUT2D eigenvalue weighted by molar-refractivity contribution is 9.10. The minimum atomic E-state index is -0.604. The number of hydrogen-bond donors (Lipinski definition) is 2. The summed E-state index contributed by atoms with van der Waals surface area (Å²) in [6.45, 7) is 2.14. The number of hydrogen-bond acceptors (Lipinski definition) is 4. The number of nitrogens with one attached hydrogen (secondary N) is 1. The second kappa shape index (κ2) is 8.95. The maximum absolute atomic E-state index is 12.3. The number of amides is 1.